The summed E-state index contributed by atoms with van der Waals surface area (Å²) in [5, 5.41) is 5.50. The van der Waals surface area contributed by atoms with Crippen LogP contribution in [0.3, 0.4) is 0 Å². The molecule has 1 aromatic carbocycles. The minimum absolute atomic E-state index is 0.347. The van der Waals surface area contributed by atoms with Gasteiger partial charge in [-0.1, -0.05) is 30.3 Å². The van der Waals surface area contributed by atoms with Gasteiger partial charge in [0, 0.05) is 19.3 Å². The first kappa shape index (κ1) is 20.6. The van der Waals surface area contributed by atoms with Gasteiger partial charge in [0.25, 0.3) is 11.1 Å². The van der Waals surface area contributed by atoms with E-state index in [1.807, 2.05) is 6.07 Å². The molecule has 7 nitrogen and oxygen atoms in total. The zero-order chi connectivity index (χ0) is 20.8. The number of amides is 2. The molecule has 2 aromatic rings. The maximum atomic E-state index is 11.7. The smallest absolute Gasteiger partial charge is 0.290 e. The molecular formula is C22H25N5O2S. The van der Waals surface area contributed by atoms with Crippen LogP contribution in [0.2, 0.25) is 0 Å². The number of thioether (sulfide) groups is 1. The van der Waals surface area contributed by atoms with Crippen LogP contribution in [0.5, 0.6) is 0 Å². The highest BCUT2D eigenvalue weighted by Crippen LogP contribution is 2.26. The minimum atomic E-state index is -0.370. The highest BCUT2D eigenvalue weighted by Gasteiger charge is 2.25. The lowest BCUT2D eigenvalue weighted by Gasteiger charge is -2.32. The minimum Gasteiger partial charge on any atom is -0.341 e. The number of hydrogen-bond donors (Lipinski definition) is 2. The van der Waals surface area contributed by atoms with Crippen LogP contribution >= 0.6 is 11.8 Å². The molecule has 0 saturated carbocycles. The van der Waals surface area contributed by atoms with E-state index < -0.39 is 0 Å². The van der Waals surface area contributed by atoms with Crippen molar-refractivity contribution in [3.8, 4) is 0 Å². The zero-order valence-corrected chi connectivity index (χ0v) is 17.5. The third-order valence-corrected chi connectivity index (χ3v) is 6.16. The van der Waals surface area contributed by atoms with E-state index in [1.165, 1.54) is 5.56 Å². The number of carbonyl (C=O) groups excluding carboxylic acids is 2. The van der Waals surface area contributed by atoms with Gasteiger partial charge in [-0.05, 0) is 67.7 Å². The number of piperidine rings is 1. The van der Waals surface area contributed by atoms with Gasteiger partial charge in [0.15, 0.2) is 0 Å². The predicted octanol–water partition coefficient (Wildman–Crippen LogP) is 2.85. The molecule has 1 aromatic heterocycles. The third-order valence-electron chi connectivity index (χ3n) is 5.35. The number of imide groups is 1. The molecule has 3 heterocycles. The van der Waals surface area contributed by atoms with Gasteiger partial charge in [0.1, 0.15) is 0 Å². The number of anilines is 1. The summed E-state index contributed by atoms with van der Waals surface area (Å²) in [7, 11) is 0. The van der Waals surface area contributed by atoms with Gasteiger partial charge in [-0.3, -0.25) is 14.9 Å². The number of benzene rings is 1. The van der Waals surface area contributed by atoms with Crippen molar-refractivity contribution in [3.63, 3.8) is 0 Å². The first-order valence-corrected chi connectivity index (χ1v) is 11.1. The first-order chi connectivity index (χ1) is 14.7. The molecule has 0 aliphatic carbocycles. The predicted molar refractivity (Wildman–Crippen MR) is 119 cm³/mol. The van der Waals surface area contributed by atoms with E-state index in [2.05, 4.69) is 49.8 Å². The Morgan fingerprint density at radius 1 is 1.17 bits per heavy atom. The second kappa shape index (κ2) is 9.86. The molecule has 0 unspecified atom stereocenters. The zero-order valence-electron chi connectivity index (χ0n) is 16.7. The molecule has 2 amide bonds. The van der Waals surface area contributed by atoms with Crippen LogP contribution in [-0.4, -0.2) is 47.3 Å². The summed E-state index contributed by atoms with van der Waals surface area (Å²) in [6.45, 7) is 3.86. The summed E-state index contributed by atoms with van der Waals surface area (Å²) < 4.78 is 0. The van der Waals surface area contributed by atoms with Crippen molar-refractivity contribution in [2.75, 3.05) is 31.1 Å². The Morgan fingerprint density at radius 2 is 1.97 bits per heavy atom. The molecule has 0 spiro atoms. The lowest BCUT2D eigenvalue weighted by molar-refractivity contribution is -0.115. The Kier molecular flexibility index (Phi) is 6.76. The summed E-state index contributed by atoms with van der Waals surface area (Å²) in [6, 6.07) is 12.3. The maximum absolute atomic E-state index is 11.7. The lowest BCUT2D eigenvalue weighted by Crippen LogP contribution is -2.38. The van der Waals surface area contributed by atoms with Crippen molar-refractivity contribution in [1.82, 2.24) is 20.6 Å². The fourth-order valence-electron chi connectivity index (χ4n) is 3.67. The van der Waals surface area contributed by atoms with Crippen LogP contribution in [0.15, 0.2) is 47.5 Å². The highest BCUT2D eigenvalue weighted by atomic mass is 32.2. The molecule has 0 atom stereocenters. The van der Waals surface area contributed by atoms with Gasteiger partial charge in [0.05, 0.1) is 10.6 Å². The third kappa shape index (κ3) is 5.46. The van der Waals surface area contributed by atoms with Gasteiger partial charge in [-0.25, -0.2) is 9.97 Å². The van der Waals surface area contributed by atoms with Crippen LogP contribution in [-0.2, 0) is 11.2 Å². The average molecular weight is 424 g/mol. The van der Waals surface area contributed by atoms with E-state index in [-0.39, 0.29) is 11.1 Å². The van der Waals surface area contributed by atoms with E-state index in [1.54, 1.807) is 18.3 Å². The van der Waals surface area contributed by atoms with Crippen LogP contribution in [0.1, 0.15) is 24.1 Å². The lowest BCUT2D eigenvalue weighted by atomic mass is 9.97. The first-order valence-electron chi connectivity index (χ1n) is 10.2. The Labute approximate surface area is 180 Å². The second-order valence-electron chi connectivity index (χ2n) is 7.50. The molecule has 2 N–H and O–H groups in total. The van der Waals surface area contributed by atoms with Gasteiger partial charge in [0.2, 0.25) is 5.95 Å². The standard InChI is InChI=1S/C22H25N5O2S/c28-20-19(30-22(29)26-20)14-18-7-11-24-21(25-18)27-12-8-17(9-13-27)15-23-10-6-16-4-2-1-3-5-16/h1-5,7,11,14,17,23H,6,8-10,12-13,15H2,(H,26,28,29). The van der Waals surface area contributed by atoms with Crippen molar-refractivity contribution in [3.05, 3.63) is 58.8 Å². The summed E-state index contributed by atoms with van der Waals surface area (Å²) in [5.41, 5.74) is 2.00. The maximum Gasteiger partial charge on any atom is 0.290 e. The Morgan fingerprint density at radius 3 is 2.70 bits per heavy atom. The number of aromatic nitrogens is 2. The fraction of sp³-hybridized carbons (Fsp3) is 0.364. The Hall–Kier alpha value is -2.71. The van der Waals surface area contributed by atoms with Gasteiger partial charge in [-0.2, -0.15) is 0 Å². The largest absolute Gasteiger partial charge is 0.341 e. The van der Waals surface area contributed by atoms with Crippen LogP contribution in [0.4, 0.5) is 10.7 Å². The summed E-state index contributed by atoms with van der Waals surface area (Å²) in [5.74, 6) is 0.965. The highest BCUT2D eigenvalue weighted by molar-refractivity contribution is 8.18. The molecule has 4 rings (SSSR count). The van der Waals surface area contributed by atoms with Gasteiger partial charge in [-0.15, -0.1) is 0 Å². The number of nitrogens with zero attached hydrogens (tertiary/aromatic N) is 3. The van der Waals surface area contributed by atoms with E-state index in [0.29, 0.717) is 22.5 Å². The van der Waals surface area contributed by atoms with Gasteiger partial charge >= 0.3 is 0 Å². The van der Waals surface area contributed by atoms with E-state index >= 15 is 0 Å². The monoisotopic (exact) mass is 423 g/mol. The van der Waals surface area contributed by atoms with Crippen LogP contribution in [0, 0.1) is 5.92 Å². The number of hydrogen-bond acceptors (Lipinski definition) is 7. The average Bonchev–Trinajstić information content (AvgIpc) is 3.09. The normalized spacial score (nSPS) is 18.8. The van der Waals surface area contributed by atoms with E-state index in [4.69, 9.17) is 0 Å². The quantitative estimate of drug-likeness (QED) is 0.523. The van der Waals surface area contributed by atoms with E-state index in [9.17, 15) is 9.59 Å². The topological polar surface area (TPSA) is 87.2 Å². The number of rotatable bonds is 7. The Bertz CT molecular complexity index is 926. The summed E-state index contributed by atoms with van der Waals surface area (Å²) >= 11 is 0.899. The molecule has 0 bridgehead atoms. The van der Waals surface area contributed by atoms with Crippen LogP contribution in [0.25, 0.3) is 6.08 Å². The molecule has 156 valence electrons. The summed E-state index contributed by atoms with van der Waals surface area (Å²) in [4.78, 5) is 34.6. The van der Waals surface area contributed by atoms with Crippen molar-refractivity contribution < 1.29 is 9.59 Å². The van der Waals surface area contributed by atoms with E-state index in [0.717, 1.165) is 57.2 Å². The number of nitrogens with one attached hydrogen (secondary N) is 2. The van der Waals surface area contributed by atoms with Crippen molar-refractivity contribution in [2.24, 2.45) is 5.92 Å². The molecule has 2 saturated heterocycles. The molecule has 8 heteroatoms. The summed E-state index contributed by atoms with van der Waals surface area (Å²) in [6.07, 6.45) is 6.59. The van der Waals surface area contributed by atoms with Crippen molar-refractivity contribution in [2.45, 2.75) is 19.3 Å². The number of carbonyl (C=O) groups is 2. The van der Waals surface area contributed by atoms with Crippen molar-refractivity contribution in [1.29, 1.82) is 0 Å². The molecule has 30 heavy (non-hydrogen) atoms. The van der Waals surface area contributed by atoms with Crippen molar-refractivity contribution >= 4 is 34.9 Å². The molecule has 2 aliphatic rings. The molecule has 0 radical (unpaired) electrons. The molecular weight excluding hydrogens is 398 g/mol. The molecule has 2 aliphatic heterocycles. The van der Waals surface area contributed by atoms with Crippen LogP contribution < -0.4 is 15.5 Å². The fourth-order valence-corrected chi connectivity index (χ4v) is 4.34. The molecule has 2 fully saturated rings. The SMILES string of the molecule is O=C1NC(=O)C(=Cc2ccnc(N3CCC(CNCCc4ccccc4)CC3)n2)S1. The Balaban J connectivity index is 1.24. The van der Waals surface area contributed by atoms with Gasteiger partial charge < -0.3 is 10.2 Å². The second-order valence-corrected chi connectivity index (χ2v) is 8.52.